The summed E-state index contributed by atoms with van der Waals surface area (Å²) < 4.78 is 15.6. The predicted octanol–water partition coefficient (Wildman–Crippen LogP) is 2.74. The van der Waals surface area contributed by atoms with E-state index in [1.54, 1.807) is 14.2 Å². The lowest BCUT2D eigenvalue weighted by Crippen LogP contribution is -2.19. The van der Waals surface area contributed by atoms with Crippen LogP contribution < -0.4 is 14.8 Å². The highest BCUT2D eigenvalue weighted by Gasteiger charge is 2.09. The van der Waals surface area contributed by atoms with Crippen molar-refractivity contribution < 1.29 is 14.2 Å². The van der Waals surface area contributed by atoms with Gasteiger partial charge in [0.1, 0.15) is 0 Å². The molecule has 0 fully saturated rings. The van der Waals surface area contributed by atoms with Gasteiger partial charge in [-0.15, -0.1) is 0 Å². The number of nitrogens with one attached hydrogen (secondary N) is 1. The molecule has 0 spiro atoms. The van der Waals surface area contributed by atoms with Gasteiger partial charge in [0.2, 0.25) is 0 Å². The predicted molar refractivity (Wildman–Crippen MR) is 72.2 cm³/mol. The van der Waals surface area contributed by atoms with Gasteiger partial charge in [-0.2, -0.15) is 0 Å². The maximum atomic E-state index is 5.43. The largest absolute Gasteiger partial charge is 0.493 e. The standard InChI is InChI=1S/C14H23NO3/c1-5-8-15-11(2)12-6-7-13(18-10-16-3)14(9-12)17-4/h6-7,9,11,15H,5,8,10H2,1-4H3. The van der Waals surface area contributed by atoms with Crippen molar-refractivity contribution in [1.29, 1.82) is 0 Å². The maximum absolute atomic E-state index is 5.43. The van der Waals surface area contributed by atoms with Crippen molar-refractivity contribution in [3.05, 3.63) is 23.8 Å². The minimum Gasteiger partial charge on any atom is -0.493 e. The third kappa shape index (κ3) is 4.20. The summed E-state index contributed by atoms with van der Waals surface area (Å²) in [5.41, 5.74) is 1.19. The number of hydrogen-bond donors (Lipinski definition) is 1. The van der Waals surface area contributed by atoms with Crippen molar-refractivity contribution in [3.63, 3.8) is 0 Å². The van der Waals surface area contributed by atoms with Crippen LogP contribution in [0.5, 0.6) is 11.5 Å². The topological polar surface area (TPSA) is 39.7 Å². The lowest BCUT2D eigenvalue weighted by molar-refractivity contribution is 0.0491. The zero-order valence-electron chi connectivity index (χ0n) is 11.7. The van der Waals surface area contributed by atoms with E-state index in [1.807, 2.05) is 18.2 Å². The Morgan fingerprint density at radius 3 is 2.61 bits per heavy atom. The first kappa shape index (κ1) is 14.8. The molecule has 18 heavy (non-hydrogen) atoms. The molecular formula is C14H23NO3. The van der Waals surface area contributed by atoms with Gasteiger partial charge < -0.3 is 19.5 Å². The number of hydrogen-bond acceptors (Lipinski definition) is 4. The summed E-state index contributed by atoms with van der Waals surface area (Å²) in [6.07, 6.45) is 1.12. The zero-order valence-corrected chi connectivity index (χ0v) is 11.7. The Bertz CT molecular complexity index is 355. The molecule has 102 valence electrons. The van der Waals surface area contributed by atoms with E-state index in [0.29, 0.717) is 11.8 Å². The Kier molecular flexibility index (Phi) is 6.54. The highest BCUT2D eigenvalue weighted by atomic mass is 16.7. The molecule has 4 heteroatoms. The van der Waals surface area contributed by atoms with Crippen LogP contribution in [0.25, 0.3) is 0 Å². The van der Waals surface area contributed by atoms with Gasteiger partial charge in [-0.05, 0) is 37.6 Å². The molecule has 0 radical (unpaired) electrons. The van der Waals surface area contributed by atoms with Crippen LogP contribution >= 0.6 is 0 Å². The van der Waals surface area contributed by atoms with E-state index in [-0.39, 0.29) is 6.79 Å². The van der Waals surface area contributed by atoms with E-state index in [4.69, 9.17) is 14.2 Å². The van der Waals surface area contributed by atoms with E-state index in [2.05, 4.69) is 19.2 Å². The molecule has 4 nitrogen and oxygen atoms in total. The van der Waals surface area contributed by atoms with Gasteiger partial charge in [0.05, 0.1) is 7.11 Å². The smallest absolute Gasteiger partial charge is 0.188 e. The fourth-order valence-electron chi connectivity index (χ4n) is 1.67. The van der Waals surface area contributed by atoms with Crippen molar-refractivity contribution in [3.8, 4) is 11.5 Å². The zero-order chi connectivity index (χ0) is 13.4. The van der Waals surface area contributed by atoms with Crippen molar-refractivity contribution in [2.45, 2.75) is 26.3 Å². The van der Waals surface area contributed by atoms with Crippen LogP contribution in [0.2, 0.25) is 0 Å². The van der Waals surface area contributed by atoms with Crippen LogP contribution in [0, 0.1) is 0 Å². The van der Waals surface area contributed by atoms with E-state index in [0.717, 1.165) is 18.7 Å². The maximum Gasteiger partial charge on any atom is 0.188 e. The lowest BCUT2D eigenvalue weighted by Gasteiger charge is -2.16. The molecule has 1 unspecified atom stereocenters. The summed E-state index contributed by atoms with van der Waals surface area (Å²) in [5.74, 6) is 1.43. The van der Waals surface area contributed by atoms with Crippen LogP contribution in [0.1, 0.15) is 31.9 Å². The molecule has 0 heterocycles. The third-order valence-electron chi connectivity index (χ3n) is 2.72. The first-order chi connectivity index (χ1) is 8.72. The summed E-state index contributed by atoms with van der Waals surface area (Å²) in [6.45, 7) is 5.52. The molecule has 0 amide bonds. The molecule has 0 aliphatic heterocycles. The normalized spacial score (nSPS) is 12.2. The Morgan fingerprint density at radius 1 is 1.22 bits per heavy atom. The number of benzene rings is 1. The molecule has 1 aromatic carbocycles. The van der Waals surface area contributed by atoms with Gasteiger partial charge >= 0.3 is 0 Å². The molecule has 0 aromatic heterocycles. The van der Waals surface area contributed by atoms with Crippen molar-refractivity contribution in [2.24, 2.45) is 0 Å². The van der Waals surface area contributed by atoms with Gasteiger partial charge in [0.25, 0.3) is 0 Å². The van der Waals surface area contributed by atoms with Crippen molar-refractivity contribution in [2.75, 3.05) is 27.6 Å². The molecule has 0 aliphatic rings. The summed E-state index contributed by atoms with van der Waals surface area (Å²) in [7, 11) is 3.24. The Balaban J connectivity index is 2.77. The third-order valence-corrected chi connectivity index (χ3v) is 2.72. The second-order valence-electron chi connectivity index (χ2n) is 4.14. The summed E-state index contributed by atoms with van der Waals surface area (Å²) in [4.78, 5) is 0. The average molecular weight is 253 g/mol. The Labute approximate surface area is 109 Å². The fourth-order valence-corrected chi connectivity index (χ4v) is 1.67. The van der Waals surface area contributed by atoms with Gasteiger partial charge in [-0.25, -0.2) is 0 Å². The molecule has 0 saturated carbocycles. The first-order valence-corrected chi connectivity index (χ1v) is 6.26. The van der Waals surface area contributed by atoms with Crippen LogP contribution in [-0.4, -0.2) is 27.6 Å². The van der Waals surface area contributed by atoms with Crippen LogP contribution in [-0.2, 0) is 4.74 Å². The molecule has 1 aromatic rings. The minimum absolute atomic E-state index is 0.222. The van der Waals surface area contributed by atoms with Gasteiger partial charge in [-0.3, -0.25) is 0 Å². The number of methoxy groups -OCH3 is 2. The van der Waals surface area contributed by atoms with Crippen LogP contribution in [0.15, 0.2) is 18.2 Å². The molecule has 1 atom stereocenters. The fraction of sp³-hybridized carbons (Fsp3) is 0.571. The van der Waals surface area contributed by atoms with Gasteiger partial charge in [0.15, 0.2) is 18.3 Å². The second-order valence-corrected chi connectivity index (χ2v) is 4.14. The minimum atomic E-state index is 0.222. The van der Waals surface area contributed by atoms with Crippen LogP contribution in [0.4, 0.5) is 0 Å². The highest BCUT2D eigenvalue weighted by Crippen LogP contribution is 2.30. The second kappa shape index (κ2) is 7.95. The molecule has 1 N–H and O–H groups in total. The SMILES string of the molecule is CCCNC(C)c1ccc(OCOC)c(OC)c1. The number of ether oxygens (including phenoxy) is 3. The Hall–Kier alpha value is -1.26. The molecular weight excluding hydrogens is 230 g/mol. The first-order valence-electron chi connectivity index (χ1n) is 6.26. The average Bonchev–Trinajstić information content (AvgIpc) is 2.42. The van der Waals surface area contributed by atoms with E-state index >= 15 is 0 Å². The molecule has 0 aliphatic carbocycles. The van der Waals surface area contributed by atoms with Crippen molar-refractivity contribution in [1.82, 2.24) is 5.32 Å². The van der Waals surface area contributed by atoms with Gasteiger partial charge in [0, 0.05) is 13.2 Å². The van der Waals surface area contributed by atoms with E-state index in [9.17, 15) is 0 Å². The van der Waals surface area contributed by atoms with E-state index < -0.39 is 0 Å². The summed E-state index contributed by atoms with van der Waals surface area (Å²) in [6, 6.07) is 6.26. The summed E-state index contributed by atoms with van der Waals surface area (Å²) >= 11 is 0. The quantitative estimate of drug-likeness (QED) is 0.723. The Morgan fingerprint density at radius 2 is 2.00 bits per heavy atom. The molecule has 0 bridgehead atoms. The van der Waals surface area contributed by atoms with Crippen molar-refractivity contribution >= 4 is 0 Å². The highest BCUT2D eigenvalue weighted by molar-refractivity contribution is 5.43. The number of rotatable bonds is 8. The summed E-state index contributed by atoms with van der Waals surface area (Å²) in [5, 5.41) is 3.44. The van der Waals surface area contributed by atoms with Crippen LogP contribution in [0.3, 0.4) is 0 Å². The molecule has 1 rings (SSSR count). The lowest BCUT2D eigenvalue weighted by atomic mass is 10.1. The monoisotopic (exact) mass is 253 g/mol. The van der Waals surface area contributed by atoms with E-state index in [1.165, 1.54) is 5.56 Å². The molecule has 0 saturated heterocycles. The van der Waals surface area contributed by atoms with Gasteiger partial charge in [-0.1, -0.05) is 13.0 Å².